The van der Waals surface area contributed by atoms with Crippen LogP contribution < -0.4 is 10.6 Å². The first-order chi connectivity index (χ1) is 9.22. The maximum atomic E-state index is 13.6. The van der Waals surface area contributed by atoms with Gasteiger partial charge in [-0.1, -0.05) is 6.92 Å². The quantitative estimate of drug-likeness (QED) is 0.823. The van der Waals surface area contributed by atoms with E-state index >= 15 is 0 Å². The van der Waals surface area contributed by atoms with Gasteiger partial charge >= 0.3 is 0 Å². The largest absolute Gasteiger partial charge is 0.367 e. The molecule has 1 aromatic rings. The molecule has 0 amide bonds. The number of hydrogen-bond acceptors (Lipinski definition) is 5. The van der Waals surface area contributed by atoms with Gasteiger partial charge in [0.05, 0.1) is 6.20 Å². The molecule has 1 fully saturated rings. The Hall–Kier alpha value is -1.43. The molecule has 1 saturated heterocycles. The van der Waals surface area contributed by atoms with Gasteiger partial charge < -0.3 is 15.5 Å². The average molecular weight is 267 g/mol. The Balaban J connectivity index is 1.90. The van der Waals surface area contributed by atoms with Crippen LogP contribution in [0.4, 0.5) is 16.2 Å². The van der Waals surface area contributed by atoms with Crippen molar-refractivity contribution < 1.29 is 4.39 Å². The number of rotatable bonds is 6. The minimum atomic E-state index is -0.396. The lowest BCUT2D eigenvalue weighted by Crippen LogP contribution is -2.23. The van der Waals surface area contributed by atoms with Crippen LogP contribution in [0.3, 0.4) is 0 Å². The standard InChI is InChI=1S/C13H22FN5/c1-3-15-13-17-8-11(14)12(18-13)16-7-10-5-6-19(4-2)9-10/h8,10H,3-7,9H2,1-2H3,(H2,15,16,17,18). The summed E-state index contributed by atoms with van der Waals surface area (Å²) in [5.41, 5.74) is 0. The van der Waals surface area contributed by atoms with Crippen molar-refractivity contribution in [3.8, 4) is 0 Å². The molecule has 5 nitrogen and oxygen atoms in total. The van der Waals surface area contributed by atoms with Gasteiger partial charge in [-0.2, -0.15) is 4.98 Å². The number of halogens is 1. The summed E-state index contributed by atoms with van der Waals surface area (Å²) in [5, 5.41) is 6.09. The smallest absolute Gasteiger partial charge is 0.224 e. The lowest BCUT2D eigenvalue weighted by atomic mass is 10.1. The number of aromatic nitrogens is 2. The monoisotopic (exact) mass is 267 g/mol. The molecule has 2 N–H and O–H groups in total. The van der Waals surface area contributed by atoms with Gasteiger partial charge in [0.1, 0.15) is 0 Å². The SMILES string of the molecule is CCNc1ncc(F)c(NCC2CCN(CC)C2)n1. The van der Waals surface area contributed by atoms with E-state index in [0.29, 0.717) is 17.7 Å². The summed E-state index contributed by atoms with van der Waals surface area (Å²) in [7, 11) is 0. The van der Waals surface area contributed by atoms with E-state index in [0.717, 1.165) is 39.1 Å². The van der Waals surface area contributed by atoms with Crippen molar-refractivity contribution in [3.63, 3.8) is 0 Å². The fourth-order valence-corrected chi connectivity index (χ4v) is 2.34. The highest BCUT2D eigenvalue weighted by Crippen LogP contribution is 2.18. The molecule has 1 aliphatic heterocycles. The van der Waals surface area contributed by atoms with E-state index in [2.05, 4.69) is 32.4 Å². The van der Waals surface area contributed by atoms with Crippen molar-refractivity contribution in [2.75, 3.05) is 43.4 Å². The van der Waals surface area contributed by atoms with Crippen LogP contribution in [0.15, 0.2) is 6.20 Å². The van der Waals surface area contributed by atoms with E-state index in [-0.39, 0.29) is 0 Å². The molecule has 2 rings (SSSR count). The van der Waals surface area contributed by atoms with Crippen LogP contribution >= 0.6 is 0 Å². The van der Waals surface area contributed by atoms with Crippen LogP contribution in [-0.2, 0) is 0 Å². The average Bonchev–Trinajstić information content (AvgIpc) is 2.88. The van der Waals surface area contributed by atoms with Gasteiger partial charge in [-0.3, -0.25) is 0 Å². The highest BCUT2D eigenvalue weighted by molar-refractivity contribution is 5.41. The van der Waals surface area contributed by atoms with Crippen LogP contribution in [0.25, 0.3) is 0 Å². The van der Waals surface area contributed by atoms with Crippen molar-refractivity contribution in [2.24, 2.45) is 5.92 Å². The van der Waals surface area contributed by atoms with Gasteiger partial charge in [0.2, 0.25) is 5.95 Å². The lowest BCUT2D eigenvalue weighted by Gasteiger charge is -2.14. The van der Waals surface area contributed by atoms with E-state index in [1.54, 1.807) is 0 Å². The number of likely N-dealkylation sites (tertiary alicyclic amines) is 1. The Labute approximate surface area is 113 Å². The third-order valence-corrected chi connectivity index (χ3v) is 3.45. The maximum Gasteiger partial charge on any atom is 0.224 e. The van der Waals surface area contributed by atoms with E-state index in [9.17, 15) is 4.39 Å². The van der Waals surface area contributed by atoms with E-state index in [4.69, 9.17) is 0 Å². The zero-order chi connectivity index (χ0) is 13.7. The summed E-state index contributed by atoms with van der Waals surface area (Å²) in [4.78, 5) is 10.4. The Bertz CT molecular complexity index is 412. The molecule has 19 heavy (non-hydrogen) atoms. The molecule has 106 valence electrons. The van der Waals surface area contributed by atoms with E-state index in [1.807, 2.05) is 6.92 Å². The van der Waals surface area contributed by atoms with E-state index in [1.165, 1.54) is 6.20 Å². The molecule has 0 radical (unpaired) electrons. The summed E-state index contributed by atoms with van der Waals surface area (Å²) in [5.74, 6) is 0.929. The molecule has 0 saturated carbocycles. The second kappa shape index (κ2) is 6.65. The molecular weight excluding hydrogens is 245 g/mol. The molecule has 1 unspecified atom stereocenters. The highest BCUT2D eigenvalue weighted by atomic mass is 19.1. The summed E-state index contributed by atoms with van der Waals surface area (Å²) < 4.78 is 13.6. The van der Waals surface area contributed by atoms with Gasteiger partial charge in [-0.15, -0.1) is 0 Å². The normalized spacial score (nSPS) is 19.6. The minimum Gasteiger partial charge on any atom is -0.367 e. The Morgan fingerprint density at radius 3 is 2.95 bits per heavy atom. The van der Waals surface area contributed by atoms with Crippen molar-refractivity contribution in [1.82, 2.24) is 14.9 Å². The first kappa shape index (κ1) is 14.0. The van der Waals surface area contributed by atoms with Gasteiger partial charge in [0.15, 0.2) is 11.6 Å². The van der Waals surface area contributed by atoms with Crippen LogP contribution in [0.5, 0.6) is 0 Å². The van der Waals surface area contributed by atoms with E-state index < -0.39 is 5.82 Å². The molecule has 2 heterocycles. The molecule has 1 atom stereocenters. The second-order valence-corrected chi connectivity index (χ2v) is 4.85. The maximum absolute atomic E-state index is 13.6. The van der Waals surface area contributed by atoms with Crippen LogP contribution in [-0.4, -0.2) is 47.6 Å². The molecular formula is C13H22FN5. The summed E-state index contributed by atoms with van der Waals surface area (Å²) in [6, 6.07) is 0. The van der Waals surface area contributed by atoms with Gasteiger partial charge in [0, 0.05) is 19.6 Å². The zero-order valence-corrected chi connectivity index (χ0v) is 11.6. The van der Waals surface area contributed by atoms with Crippen molar-refractivity contribution in [1.29, 1.82) is 0 Å². The fourth-order valence-electron chi connectivity index (χ4n) is 2.34. The number of nitrogens with zero attached hydrogens (tertiary/aromatic N) is 3. The predicted molar refractivity (Wildman–Crippen MR) is 74.9 cm³/mol. The Kier molecular flexibility index (Phi) is 4.90. The van der Waals surface area contributed by atoms with Crippen molar-refractivity contribution >= 4 is 11.8 Å². The van der Waals surface area contributed by atoms with Crippen LogP contribution in [0.2, 0.25) is 0 Å². The molecule has 0 aliphatic carbocycles. The first-order valence-electron chi connectivity index (χ1n) is 6.95. The molecule has 0 bridgehead atoms. The number of hydrogen-bond donors (Lipinski definition) is 2. The lowest BCUT2D eigenvalue weighted by molar-refractivity contribution is 0.345. The Morgan fingerprint density at radius 2 is 2.26 bits per heavy atom. The number of nitrogens with one attached hydrogen (secondary N) is 2. The van der Waals surface area contributed by atoms with Crippen molar-refractivity contribution in [3.05, 3.63) is 12.0 Å². The third-order valence-electron chi connectivity index (χ3n) is 3.45. The molecule has 1 aromatic heterocycles. The summed E-state index contributed by atoms with van der Waals surface area (Å²) in [6.45, 7) is 8.91. The van der Waals surface area contributed by atoms with Gasteiger partial charge in [-0.05, 0) is 32.4 Å². The first-order valence-corrected chi connectivity index (χ1v) is 6.95. The summed E-state index contributed by atoms with van der Waals surface area (Å²) in [6.07, 6.45) is 2.37. The van der Waals surface area contributed by atoms with Crippen LogP contribution in [0.1, 0.15) is 20.3 Å². The zero-order valence-electron chi connectivity index (χ0n) is 11.6. The van der Waals surface area contributed by atoms with Crippen LogP contribution in [0, 0.1) is 11.7 Å². The van der Waals surface area contributed by atoms with Gasteiger partial charge in [-0.25, -0.2) is 9.37 Å². The Morgan fingerprint density at radius 1 is 1.42 bits per heavy atom. The highest BCUT2D eigenvalue weighted by Gasteiger charge is 2.21. The number of anilines is 2. The second-order valence-electron chi connectivity index (χ2n) is 4.85. The third kappa shape index (κ3) is 3.76. The fraction of sp³-hybridized carbons (Fsp3) is 0.692. The molecule has 0 aromatic carbocycles. The molecule has 0 spiro atoms. The predicted octanol–water partition coefficient (Wildman–Crippen LogP) is 1.80. The molecule has 1 aliphatic rings. The minimum absolute atomic E-state index is 0.292. The topological polar surface area (TPSA) is 53.1 Å². The van der Waals surface area contributed by atoms with Crippen molar-refractivity contribution in [2.45, 2.75) is 20.3 Å². The summed E-state index contributed by atoms with van der Waals surface area (Å²) >= 11 is 0. The molecule has 6 heteroatoms. The van der Waals surface area contributed by atoms with Gasteiger partial charge in [0.25, 0.3) is 0 Å².